The third kappa shape index (κ3) is 2.30. The van der Waals surface area contributed by atoms with Gasteiger partial charge >= 0.3 is 0 Å². The van der Waals surface area contributed by atoms with Gasteiger partial charge in [-0.05, 0) is 25.0 Å². The number of Topliss-reactive ketones (excluding diaryl/α,β-unsaturated/α-hetero) is 1. The van der Waals surface area contributed by atoms with Crippen LogP contribution in [-0.2, 0) is 4.79 Å². The zero-order valence-electron chi connectivity index (χ0n) is 8.89. The Balaban J connectivity index is 2.00. The molecule has 1 aliphatic rings. The first kappa shape index (κ1) is 10.9. The van der Waals surface area contributed by atoms with Crippen molar-refractivity contribution in [3.8, 4) is 0 Å². The molecule has 86 valence electrons. The van der Waals surface area contributed by atoms with Gasteiger partial charge < -0.3 is 15.1 Å². The molecule has 0 unspecified atom stereocenters. The van der Waals surface area contributed by atoms with Gasteiger partial charge in [0.15, 0.2) is 5.76 Å². The predicted octanol–water partition coefficient (Wildman–Crippen LogP) is 0.412. The molecule has 1 amide bonds. The first-order valence-corrected chi connectivity index (χ1v) is 5.28. The molecule has 1 fully saturated rings. The normalized spacial score (nSPS) is 14.8. The second kappa shape index (κ2) is 4.49. The first-order valence-electron chi connectivity index (χ1n) is 5.28. The van der Waals surface area contributed by atoms with Crippen LogP contribution in [0.1, 0.15) is 23.4 Å². The maximum atomic E-state index is 11.7. The van der Waals surface area contributed by atoms with E-state index in [1.165, 1.54) is 6.26 Å². The van der Waals surface area contributed by atoms with Gasteiger partial charge in [0, 0.05) is 6.04 Å². The fraction of sp³-hybridized carbons (Fsp3) is 0.455. The monoisotopic (exact) mass is 222 g/mol. The number of hydrogen-bond acceptors (Lipinski definition) is 4. The molecule has 0 saturated heterocycles. The van der Waals surface area contributed by atoms with Gasteiger partial charge in [0.1, 0.15) is 0 Å². The average molecular weight is 222 g/mol. The van der Waals surface area contributed by atoms with Crippen molar-refractivity contribution in [3.05, 3.63) is 24.2 Å². The van der Waals surface area contributed by atoms with Crippen molar-refractivity contribution in [1.82, 2.24) is 4.90 Å². The minimum absolute atomic E-state index is 0.0536. The third-order valence-electron chi connectivity index (χ3n) is 2.59. The van der Waals surface area contributed by atoms with Crippen LogP contribution in [0.3, 0.4) is 0 Å². The quantitative estimate of drug-likeness (QED) is 0.732. The van der Waals surface area contributed by atoms with E-state index in [-0.39, 0.29) is 36.6 Å². The van der Waals surface area contributed by atoms with Gasteiger partial charge in [-0.25, -0.2) is 0 Å². The molecule has 0 radical (unpaired) electrons. The Hall–Kier alpha value is -1.62. The highest BCUT2D eigenvalue weighted by molar-refractivity contribution is 5.97. The van der Waals surface area contributed by atoms with Gasteiger partial charge in [0.2, 0.25) is 11.7 Å². The number of ketones is 1. The molecule has 0 spiro atoms. The number of rotatable bonds is 5. The van der Waals surface area contributed by atoms with E-state index >= 15 is 0 Å². The highest BCUT2D eigenvalue weighted by Gasteiger charge is 2.33. The van der Waals surface area contributed by atoms with Gasteiger partial charge in [-0.3, -0.25) is 9.59 Å². The number of carbonyl (C=O) groups is 2. The summed E-state index contributed by atoms with van der Waals surface area (Å²) in [6.45, 7) is 0.0101. The maximum absolute atomic E-state index is 11.7. The Morgan fingerprint density at radius 3 is 2.75 bits per heavy atom. The molecule has 0 aromatic carbocycles. The molecule has 1 aromatic heterocycles. The summed E-state index contributed by atoms with van der Waals surface area (Å²) < 4.78 is 4.99. The Labute approximate surface area is 93.2 Å². The van der Waals surface area contributed by atoms with Gasteiger partial charge in [-0.2, -0.15) is 0 Å². The second-order valence-electron chi connectivity index (χ2n) is 3.86. The van der Waals surface area contributed by atoms with Gasteiger partial charge in [-0.15, -0.1) is 0 Å². The third-order valence-corrected chi connectivity index (χ3v) is 2.59. The Kier molecular flexibility index (Phi) is 3.05. The van der Waals surface area contributed by atoms with Crippen molar-refractivity contribution in [2.75, 3.05) is 13.1 Å². The van der Waals surface area contributed by atoms with Crippen LogP contribution < -0.4 is 5.73 Å². The van der Waals surface area contributed by atoms with Crippen molar-refractivity contribution in [2.45, 2.75) is 18.9 Å². The first-order chi connectivity index (χ1) is 7.72. The van der Waals surface area contributed by atoms with E-state index in [4.69, 9.17) is 10.2 Å². The summed E-state index contributed by atoms with van der Waals surface area (Å²) in [5, 5.41) is 0. The summed E-state index contributed by atoms with van der Waals surface area (Å²) >= 11 is 0. The molecule has 1 heterocycles. The minimum atomic E-state index is -0.182. The van der Waals surface area contributed by atoms with Crippen molar-refractivity contribution in [3.63, 3.8) is 0 Å². The minimum Gasteiger partial charge on any atom is -0.461 e. The summed E-state index contributed by atoms with van der Waals surface area (Å²) in [7, 11) is 0. The second-order valence-corrected chi connectivity index (χ2v) is 3.86. The van der Waals surface area contributed by atoms with E-state index < -0.39 is 0 Å². The zero-order valence-corrected chi connectivity index (χ0v) is 8.89. The number of nitrogens with zero attached hydrogens (tertiary/aromatic N) is 1. The standard InChI is InChI=1S/C11H14N2O3/c12-6-11(15)13(8-3-4-8)7-9(14)10-2-1-5-16-10/h1-2,5,8H,3-4,6-7,12H2. The van der Waals surface area contributed by atoms with E-state index in [1.807, 2.05) is 0 Å². The molecule has 0 aliphatic heterocycles. The summed E-state index contributed by atoms with van der Waals surface area (Å²) in [6.07, 6.45) is 3.35. The molecule has 0 atom stereocenters. The molecule has 5 nitrogen and oxygen atoms in total. The molecule has 5 heteroatoms. The van der Waals surface area contributed by atoms with Crippen LogP contribution in [0.5, 0.6) is 0 Å². The van der Waals surface area contributed by atoms with Crippen LogP contribution in [0.2, 0.25) is 0 Å². The molecular formula is C11H14N2O3. The highest BCUT2D eigenvalue weighted by Crippen LogP contribution is 2.26. The Morgan fingerprint density at radius 1 is 1.50 bits per heavy atom. The lowest BCUT2D eigenvalue weighted by Crippen LogP contribution is -2.41. The van der Waals surface area contributed by atoms with Gasteiger partial charge in [0.25, 0.3) is 0 Å². The highest BCUT2D eigenvalue weighted by atomic mass is 16.3. The molecule has 16 heavy (non-hydrogen) atoms. The number of hydrogen-bond donors (Lipinski definition) is 1. The molecule has 1 saturated carbocycles. The Bertz CT molecular complexity index is 382. The number of carbonyl (C=O) groups excluding carboxylic acids is 2. The lowest BCUT2D eigenvalue weighted by atomic mass is 10.2. The summed E-state index contributed by atoms with van der Waals surface area (Å²) in [4.78, 5) is 24.8. The van der Waals surface area contributed by atoms with Gasteiger partial charge in [-0.1, -0.05) is 0 Å². The van der Waals surface area contributed by atoms with Gasteiger partial charge in [0.05, 0.1) is 19.4 Å². The van der Waals surface area contributed by atoms with Crippen LogP contribution in [0, 0.1) is 0 Å². The van der Waals surface area contributed by atoms with Crippen molar-refractivity contribution in [1.29, 1.82) is 0 Å². The fourth-order valence-electron chi connectivity index (χ4n) is 1.59. The predicted molar refractivity (Wildman–Crippen MR) is 56.8 cm³/mol. The van der Waals surface area contributed by atoms with E-state index in [2.05, 4.69) is 0 Å². The van der Waals surface area contributed by atoms with Crippen LogP contribution in [0.25, 0.3) is 0 Å². The topological polar surface area (TPSA) is 76.5 Å². The zero-order chi connectivity index (χ0) is 11.5. The summed E-state index contributed by atoms with van der Waals surface area (Å²) in [5.41, 5.74) is 5.31. The smallest absolute Gasteiger partial charge is 0.236 e. The SMILES string of the molecule is NCC(=O)N(CC(=O)c1ccco1)C1CC1. The lowest BCUT2D eigenvalue weighted by Gasteiger charge is -2.20. The van der Waals surface area contributed by atoms with Crippen LogP contribution in [0.4, 0.5) is 0 Å². The molecule has 2 N–H and O–H groups in total. The van der Waals surface area contributed by atoms with E-state index in [9.17, 15) is 9.59 Å². The molecule has 1 aromatic rings. The molecule has 0 bridgehead atoms. The van der Waals surface area contributed by atoms with Crippen LogP contribution in [0.15, 0.2) is 22.8 Å². The average Bonchev–Trinajstić information content (AvgIpc) is 2.98. The largest absolute Gasteiger partial charge is 0.461 e. The van der Waals surface area contributed by atoms with Crippen molar-refractivity contribution < 1.29 is 14.0 Å². The molecule has 1 aliphatic carbocycles. The molecular weight excluding hydrogens is 208 g/mol. The van der Waals surface area contributed by atoms with Crippen LogP contribution in [-0.4, -0.2) is 35.7 Å². The summed E-state index contributed by atoms with van der Waals surface area (Å²) in [5.74, 6) is -0.0726. The fourth-order valence-corrected chi connectivity index (χ4v) is 1.59. The molecule has 2 rings (SSSR count). The van der Waals surface area contributed by atoms with Crippen LogP contribution >= 0.6 is 0 Å². The van der Waals surface area contributed by atoms with E-state index in [0.717, 1.165) is 12.8 Å². The maximum Gasteiger partial charge on any atom is 0.236 e. The number of nitrogens with two attached hydrogens (primary N) is 1. The summed E-state index contributed by atoms with van der Waals surface area (Å²) in [6, 6.07) is 3.44. The van der Waals surface area contributed by atoms with E-state index in [0.29, 0.717) is 0 Å². The van der Waals surface area contributed by atoms with E-state index in [1.54, 1.807) is 17.0 Å². The number of amides is 1. The van der Waals surface area contributed by atoms with Crippen molar-refractivity contribution in [2.24, 2.45) is 5.73 Å². The number of furan rings is 1. The Morgan fingerprint density at radius 2 is 2.25 bits per heavy atom. The van der Waals surface area contributed by atoms with Crippen molar-refractivity contribution >= 4 is 11.7 Å². The lowest BCUT2D eigenvalue weighted by molar-refractivity contribution is -0.129.